The first-order chi connectivity index (χ1) is 13.0. The van der Waals surface area contributed by atoms with Crippen LogP contribution in [0.4, 0.5) is 0 Å². The lowest BCUT2D eigenvalue weighted by molar-refractivity contribution is -0.145. The maximum absolute atomic E-state index is 13.0. The van der Waals surface area contributed by atoms with Gasteiger partial charge in [-0.2, -0.15) is 0 Å². The summed E-state index contributed by atoms with van der Waals surface area (Å²) in [6.07, 6.45) is 0. The molecule has 28 heavy (non-hydrogen) atoms. The summed E-state index contributed by atoms with van der Waals surface area (Å²) in [4.78, 5) is 41.5. The summed E-state index contributed by atoms with van der Waals surface area (Å²) in [5.41, 5.74) is 0.0302. The highest BCUT2D eigenvalue weighted by Crippen LogP contribution is 2.19. The summed E-state index contributed by atoms with van der Waals surface area (Å²) in [6.45, 7) is 11.5. The minimum absolute atomic E-state index is 0.0574. The Balaban J connectivity index is 2.01. The van der Waals surface area contributed by atoms with E-state index in [1.165, 1.54) is 0 Å². The van der Waals surface area contributed by atoms with Crippen molar-refractivity contribution in [3.05, 3.63) is 34.9 Å². The molecule has 154 valence electrons. The number of hydrogen-bond donors (Lipinski definition) is 1. The molecule has 3 amide bonds. The molecular weight excluding hydrogens is 378 g/mol. The van der Waals surface area contributed by atoms with Gasteiger partial charge in [-0.05, 0) is 30.2 Å². The molecule has 0 aromatic heterocycles. The van der Waals surface area contributed by atoms with E-state index < -0.39 is 11.5 Å². The first kappa shape index (κ1) is 22.2. The van der Waals surface area contributed by atoms with Crippen molar-refractivity contribution in [1.82, 2.24) is 15.1 Å². The predicted molar refractivity (Wildman–Crippen MR) is 110 cm³/mol. The molecule has 1 N–H and O–H groups in total. The number of carbonyl (C=O) groups excluding carboxylic acids is 3. The fourth-order valence-corrected chi connectivity index (χ4v) is 3.27. The number of piperazine rings is 1. The van der Waals surface area contributed by atoms with E-state index in [2.05, 4.69) is 5.32 Å². The molecule has 1 aliphatic rings. The van der Waals surface area contributed by atoms with Crippen LogP contribution >= 0.6 is 11.6 Å². The van der Waals surface area contributed by atoms with Gasteiger partial charge in [0.25, 0.3) is 5.91 Å². The second-order valence-electron chi connectivity index (χ2n) is 8.57. The Labute approximate surface area is 172 Å². The highest BCUT2D eigenvalue weighted by molar-refractivity contribution is 6.30. The van der Waals surface area contributed by atoms with Gasteiger partial charge in [-0.25, -0.2) is 0 Å². The molecule has 1 aromatic carbocycles. The Bertz CT molecular complexity index is 717. The summed E-state index contributed by atoms with van der Waals surface area (Å²) in [6, 6.07) is 5.95. The second kappa shape index (κ2) is 8.95. The van der Waals surface area contributed by atoms with Crippen molar-refractivity contribution >= 4 is 29.3 Å². The first-order valence-corrected chi connectivity index (χ1v) is 10.0. The van der Waals surface area contributed by atoms with Crippen molar-refractivity contribution in [1.29, 1.82) is 0 Å². The number of nitrogens with one attached hydrogen (secondary N) is 1. The number of rotatable bonds is 4. The summed E-state index contributed by atoms with van der Waals surface area (Å²) >= 11 is 5.87. The lowest BCUT2D eigenvalue weighted by Gasteiger charge is -2.39. The summed E-state index contributed by atoms with van der Waals surface area (Å²) in [7, 11) is 0. The van der Waals surface area contributed by atoms with Gasteiger partial charge in [-0.3, -0.25) is 14.4 Å². The van der Waals surface area contributed by atoms with E-state index in [1.54, 1.807) is 34.1 Å². The fraction of sp³-hybridized carbons (Fsp3) is 0.571. The van der Waals surface area contributed by atoms with Gasteiger partial charge in [-0.15, -0.1) is 0 Å². The Kier molecular flexibility index (Phi) is 7.10. The minimum Gasteiger partial charge on any atom is -0.340 e. The minimum atomic E-state index is -0.618. The third kappa shape index (κ3) is 5.47. The molecule has 1 aromatic rings. The largest absolute Gasteiger partial charge is 0.340 e. The van der Waals surface area contributed by atoms with Crippen LogP contribution in [0.3, 0.4) is 0 Å². The highest BCUT2D eigenvalue weighted by Gasteiger charge is 2.34. The van der Waals surface area contributed by atoms with Crippen LogP contribution in [0, 0.1) is 11.3 Å². The smallest absolute Gasteiger partial charge is 0.251 e. The van der Waals surface area contributed by atoms with E-state index >= 15 is 0 Å². The zero-order valence-corrected chi connectivity index (χ0v) is 18.0. The van der Waals surface area contributed by atoms with Gasteiger partial charge in [0.05, 0.1) is 0 Å². The van der Waals surface area contributed by atoms with Crippen LogP contribution in [0.2, 0.25) is 5.02 Å². The highest BCUT2D eigenvalue weighted by atomic mass is 35.5. The maximum atomic E-state index is 13.0. The number of benzene rings is 1. The van der Waals surface area contributed by atoms with Crippen LogP contribution < -0.4 is 5.32 Å². The van der Waals surface area contributed by atoms with E-state index in [4.69, 9.17) is 11.6 Å². The number of amides is 3. The first-order valence-electron chi connectivity index (χ1n) is 9.65. The normalized spacial score (nSPS) is 16.1. The van der Waals surface area contributed by atoms with Gasteiger partial charge in [-0.1, -0.05) is 46.2 Å². The van der Waals surface area contributed by atoms with Crippen LogP contribution in [0.5, 0.6) is 0 Å². The topological polar surface area (TPSA) is 69.7 Å². The van der Waals surface area contributed by atoms with Crippen LogP contribution in [0.15, 0.2) is 24.3 Å². The van der Waals surface area contributed by atoms with E-state index in [0.29, 0.717) is 36.8 Å². The molecule has 0 aliphatic carbocycles. The third-order valence-corrected chi connectivity index (χ3v) is 5.10. The van der Waals surface area contributed by atoms with Crippen molar-refractivity contribution < 1.29 is 14.4 Å². The van der Waals surface area contributed by atoms with Crippen molar-refractivity contribution in [2.24, 2.45) is 11.3 Å². The van der Waals surface area contributed by atoms with Gasteiger partial charge in [0, 0.05) is 42.2 Å². The van der Waals surface area contributed by atoms with Gasteiger partial charge in [0.2, 0.25) is 11.8 Å². The van der Waals surface area contributed by atoms with Gasteiger partial charge in [0.1, 0.15) is 6.04 Å². The van der Waals surface area contributed by atoms with E-state index in [1.807, 2.05) is 34.6 Å². The van der Waals surface area contributed by atoms with Crippen LogP contribution in [0.25, 0.3) is 0 Å². The molecule has 1 unspecified atom stereocenters. The molecule has 0 bridgehead atoms. The van der Waals surface area contributed by atoms with E-state index in [9.17, 15) is 14.4 Å². The summed E-state index contributed by atoms with van der Waals surface area (Å²) < 4.78 is 0. The average molecular weight is 408 g/mol. The molecular formula is C21H30ClN3O3. The molecule has 1 fully saturated rings. The van der Waals surface area contributed by atoms with Gasteiger partial charge >= 0.3 is 0 Å². The standard InChI is InChI=1S/C21H30ClN3O3/c1-14(2)17(23-18(26)15-6-8-16(22)9-7-15)19(27)24-10-12-25(13-11-24)20(28)21(3,4)5/h6-9,14,17H,10-13H2,1-5H3,(H,23,26). The Morgan fingerprint density at radius 3 is 1.93 bits per heavy atom. The molecule has 7 heteroatoms. The lowest BCUT2D eigenvalue weighted by atomic mass is 9.94. The molecule has 2 rings (SSSR count). The maximum Gasteiger partial charge on any atom is 0.251 e. The zero-order chi connectivity index (χ0) is 21.1. The lowest BCUT2D eigenvalue weighted by Crippen LogP contribution is -2.58. The Morgan fingerprint density at radius 1 is 0.964 bits per heavy atom. The molecule has 1 saturated heterocycles. The summed E-state index contributed by atoms with van der Waals surface area (Å²) in [5.74, 6) is -0.375. The second-order valence-corrected chi connectivity index (χ2v) is 9.01. The molecule has 1 aliphatic heterocycles. The quantitative estimate of drug-likeness (QED) is 0.834. The number of hydrogen-bond acceptors (Lipinski definition) is 3. The third-order valence-electron chi connectivity index (χ3n) is 4.85. The van der Waals surface area contributed by atoms with Crippen molar-refractivity contribution in [3.8, 4) is 0 Å². The number of nitrogens with zero attached hydrogens (tertiary/aromatic N) is 2. The van der Waals surface area contributed by atoms with Crippen LogP contribution in [-0.2, 0) is 9.59 Å². The SMILES string of the molecule is CC(C)C(NC(=O)c1ccc(Cl)cc1)C(=O)N1CCN(C(=O)C(C)(C)C)CC1. The van der Waals surface area contributed by atoms with Crippen molar-refractivity contribution in [3.63, 3.8) is 0 Å². The number of halogens is 1. The van der Waals surface area contributed by atoms with Crippen LogP contribution in [-0.4, -0.2) is 59.7 Å². The van der Waals surface area contributed by atoms with Crippen molar-refractivity contribution in [2.45, 2.75) is 40.7 Å². The van der Waals surface area contributed by atoms with Gasteiger partial charge in [0.15, 0.2) is 0 Å². The molecule has 1 atom stereocenters. The van der Waals surface area contributed by atoms with Crippen LogP contribution in [0.1, 0.15) is 45.0 Å². The van der Waals surface area contributed by atoms with Gasteiger partial charge < -0.3 is 15.1 Å². The molecule has 6 nitrogen and oxygen atoms in total. The fourth-order valence-electron chi connectivity index (χ4n) is 3.14. The van der Waals surface area contributed by atoms with E-state index in [0.717, 1.165) is 0 Å². The monoisotopic (exact) mass is 407 g/mol. The summed E-state index contributed by atoms with van der Waals surface area (Å²) in [5, 5.41) is 3.41. The Hall–Kier alpha value is -2.08. The molecule has 1 heterocycles. The Morgan fingerprint density at radius 2 is 1.46 bits per heavy atom. The van der Waals surface area contributed by atoms with Crippen molar-refractivity contribution in [2.75, 3.05) is 26.2 Å². The zero-order valence-electron chi connectivity index (χ0n) is 17.3. The predicted octanol–water partition coefficient (Wildman–Crippen LogP) is 2.81. The van der Waals surface area contributed by atoms with E-state index in [-0.39, 0.29) is 23.6 Å². The average Bonchev–Trinajstić information content (AvgIpc) is 2.64. The molecule has 0 spiro atoms. The molecule has 0 radical (unpaired) electrons. The number of carbonyl (C=O) groups is 3. The molecule has 0 saturated carbocycles.